The highest BCUT2D eigenvalue weighted by Crippen LogP contribution is 2.25. The smallest absolute Gasteiger partial charge is 0.223 e. The van der Waals surface area contributed by atoms with Gasteiger partial charge in [0.2, 0.25) is 11.8 Å². The van der Waals surface area contributed by atoms with Crippen LogP contribution in [-0.2, 0) is 9.59 Å². The summed E-state index contributed by atoms with van der Waals surface area (Å²) < 4.78 is 0. The van der Waals surface area contributed by atoms with Crippen molar-refractivity contribution in [2.45, 2.75) is 46.1 Å². The van der Waals surface area contributed by atoms with E-state index < -0.39 is 0 Å². The lowest BCUT2D eigenvalue weighted by Crippen LogP contribution is -2.57. The van der Waals surface area contributed by atoms with Gasteiger partial charge in [0.15, 0.2) is 0 Å². The number of nitrogens with zero attached hydrogens (tertiary/aromatic N) is 3. The third-order valence-electron chi connectivity index (χ3n) is 4.91. The molecule has 122 valence electrons. The molecule has 0 radical (unpaired) electrons. The normalized spacial score (nSPS) is 17.2. The highest BCUT2D eigenvalue weighted by atomic mass is 16.2. The van der Waals surface area contributed by atoms with Crippen LogP contribution in [0.3, 0.4) is 0 Å². The van der Waals surface area contributed by atoms with Gasteiger partial charge in [0, 0.05) is 58.7 Å². The van der Waals surface area contributed by atoms with Gasteiger partial charge in [-0.05, 0) is 19.8 Å². The first-order chi connectivity index (χ1) is 9.66. The van der Waals surface area contributed by atoms with Crippen LogP contribution in [0.15, 0.2) is 0 Å². The van der Waals surface area contributed by atoms with E-state index in [2.05, 4.69) is 32.6 Å². The van der Waals surface area contributed by atoms with E-state index in [0.717, 1.165) is 26.2 Å². The molecule has 0 unspecified atom stereocenters. The van der Waals surface area contributed by atoms with Crippen LogP contribution in [0, 0.1) is 5.92 Å². The fraction of sp³-hybridized carbons (Fsp3) is 0.875. The Balaban J connectivity index is 2.42. The highest BCUT2D eigenvalue weighted by molar-refractivity contribution is 5.83. The Kier molecular flexibility index (Phi) is 6.20. The molecular formula is C16H31N3O2. The molecular weight excluding hydrogens is 266 g/mol. The minimum atomic E-state index is 0.0166. The molecule has 1 fully saturated rings. The van der Waals surface area contributed by atoms with Crippen LogP contribution in [0.5, 0.6) is 0 Å². The van der Waals surface area contributed by atoms with Crippen LogP contribution in [0.1, 0.15) is 40.5 Å². The first-order valence-corrected chi connectivity index (χ1v) is 7.89. The van der Waals surface area contributed by atoms with Crippen molar-refractivity contribution in [2.24, 2.45) is 5.92 Å². The molecule has 1 heterocycles. The van der Waals surface area contributed by atoms with Gasteiger partial charge >= 0.3 is 0 Å². The lowest BCUT2D eigenvalue weighted by molar-refractivity contribution is -0.137. The van der Waals surface area contributed by atoms with Crippen molar-refractivity contribution in [3.05, 3.63) is 0 Å². The van der Waals surface area contributed by atoms with E-state index in [4.69, 9.17) is 0 Å². The molecule has 0 aliphatic carbocycles. The number of rotatable bonds is 5. The summed E-state index contributed by atoms with van der Waals surface area (Å²) in [4.78, 5) is 29.6. The maximum atomic E-state index is 12.2. The average molecular weight is 297 g/mol. The maximum absolute atomic E-state index is 12.2. The fourth-order valence-corrected chi connectivity index (χ4v) is 2.49. The largest absolute Gasteiger partial charge is 0.349 e. The summed E-state index contributed by atoms with van der Waals surface area (Å²) in [5, 5.41) is 0. The lowest BCUT2D eigenvalue weighted by Gasteiger charge is -2.46. The van der Waals surface area contributed by atoms with Gasteiger partial charge in [-0.2, -0.15) is 0 Å². The molecule has 0 aromatic carbocycles. The van der Waals surface area contributed by atoms with Crippen LogP contribution in [0.4, 0.5) is 0 Å². The van der Waals surface area contributed by atoms with E-state index in [-0.39, 0.29) is 17.4 Å². The fourth-order valence-electron chi connectivity index (χ4n) is 2.49. The monoisotopic (exact) mass is 297 g/mol. The third kappa shape index (κ3) is 4.70. The highest BCUT2D eigenvalue weighted by Gasteiger charge is 2.33. The minimum absolute atomic E-state index is 0.0166. The van der Waals surface area contributed by atoms with E-state index in [1.54, 1.807) is 14.1 Å². The van der Waals surface area contributed by atoms with Gasteiger partial charge in [-0.3, -0.25) is 14.5 Å². The van der Waals surface area contributed by atoms with Gasteiger partial charge in [-0.25, -0.2) is 0 Å². The van der Waals surface area contributed by atoms with Crippen molar-refractivity contribution in [3.8, 4) is 0 Å². The van der Waals surface area contributed by atoms with Crippen LogP contribution in [-0.4, -0.2) is 72.3 Å². The standard InChI is InChI=1S/C16H31N3O2/c1-13(2)16(3,4)19-11-9-18(10-12-19)15(21)8-7-14(20)17(5)6/h13H,7-12H2,1-6H3. The zero-order chi connectivity index (χ0) is 16.2. The van der Waals surface area contributed by atoms with Crippen LogP contribution in [0.2, 0.25) is 0 Å². The second kappa shape index (κ2) is 7.25. The molecule has 1 rings (SSSR count). The van der Waals surface area contributed by atoms with Crippen LogP contribution < -0.4 is 0 Å². The molecule has 5 nitrogen and oxygen atoms in total. The number of carbonyl (C=O) groups is 2. The Morgan fingerprint density at radius 2 is 1.57 bits per heavy atom. The molecule has 21 heavy (non-hydrogen) atoms. The molecule has 0 spiro atoms. The summed E-state index contributed by atoms with van der Waals surface area (Å²) in [5.74, 6) is 0.701. The summed E-state index contributed by atoms with van der Waals surface area (Å²) in [6, 6.07) is 0. The maximum Gasteiger partial charge on any atom is 0.223 e. The Bertz CT molecular complexity index is 370. The SMILES string of the molecule is CC(C)C(C)(C)N1CCN(C(=O)CCC(=O)N(C)C)CC1. The van der Waals surface area contributed by atoms with Crippen molar-refractivity contribution < 1.29 is 9.59 Å². The van der Waals surface area contributed by atoms with E-state index in [9.17, 15) is 9.59 Å². The molecule has 0 saturated carbocycles. The average Bonchev–Trinajstić information content (AvgIpc) is 2.44. The summed E-state index contributed by atoms with van der Waals surface area (Å²) in [5.41, 5.74) is 0.163. The van der Waals surface area contributed by atoms with Crippen molar-refractivity contribution in [3.63, 3.8) is 0 Å². The topological polar surface area (TPSA) is 43.9 Å². The zero-order valence-corrected chi connectivity index (χ0v) is 14.5. The quantitative estimate of drug-likeness (QED) is 0.771. The lowest BCUT2D eigenvalue weighted by atomic mass is 9.88. The van der Waals surface area contributed by atoms with Crippen molar-refractivity contribution in [1.82, 2.24) is 14.7 Å². The molecule has 0 N–H and O–H groups in total. The Hall–Kier alpha value is -1.10. The molecule has 0 atom stereocenters. The van der Waals surface area contributed by atoms with Gasteiger partial charge < -0.3 is 9.80 Å². The van der Waals surface area contributed by atoms with E-state index in [1.165, 1.54) is 4.90 Å². The van der Waals surface area contributed by atoms with Gasteiger partial charge in [0.25, 0.3) is 0 Å². The predicted octanol–water partition coefficient (Wildman–Crippen LogP) is 1.43. The molecule has 0 aromatic rings. The Morgan fingerprint density at radius 3 is 2.00 bits per heavy atom. The van der Waals surface area contributed by atoms with Gasteiger partial charge in [0.1, 0.15) is 0 Å². The van der Waals surface area contributed by atoms with E-state index in [0.29, 0.717) is 18.8 Å². The summed E-state index contributed by atoms with van der Waals surface area (Å²) in [6.45, 7) is 12.4. The van der Waals surface area contributed by atoms with Crippen molar-refractivity contribution >= 4 is 11.8 Å². The molecule has 0 aromatic heterocycles. The molecule has 1 saturated heterocycles. The number of hydrogen-bond acceptors (Lipinski definition) is 3. The molecule has 0 bridgehead atoms. The Labute approximate surface area is 129 Å². The first-order valence-electron chi connectivity index (χ1n) is 7.89. The van der Waals surface area contributed by atoms with Gasteiger partial charge in [-0.1, -0.05) is 13.8 Å². The number of piperazine rings is 1. The van der Waals surface area contributed by atoms with Crippen molar-refractivity contribution in [2.75, 3.05) is 40.3 Å². The van der Waals surface area contributed by atoms with Crippen LogP contribution in [0.25, 0.3) is 0 Å². The number of hydrogen-bond donors (Lipinski definition) is 0. The minimum Gasteiger partial charge on any atom is -0.349 e. The van der Waals surface area contributed by atoms with Crippen molar-refractivity contribution in [1.29, 1.82) is 0 Å². The van der Waals surface area contributed by atoms with Gasteiger partial charge in [-0.15, -0.1) is 0 Å². The zero-order valence-electron chi connectivity index (χ0n) is 14.5. The predicted molar refractivity (Wildman–Crippen MR) is 85.0 cm³/mol. The molecule has 1 aliphatic heterocycles. The number of carbonyl (C=O) groups excluding carboxylic acids is 2. The second-order valence-corrected chi connectivity index (χ2v) is 6.96. The second-order valence-electron chi connectivity index (χ2n) is 6.96. The third-order valence-corrected chi connectivity index (χ3v) is 4.91. The summed E-state index contributed by atoms with van der Waals surface area (Å²) in [7, 11) is 3.44. The van der Waals surface area contributed by atoms with E-state index in [1.807, 2.05) is 4.90 Å². The summed E-state index contributed by atoms with van der Waals surface area (Å²) in [6.07, 6.45) is 0.633. The molecule has 2 amide bonds. The van der Waals surface area contributed by atoms with E-state index >= 15 is 0 Å². The molecule has 1 aliphatic rings. The van der Waals surface area contributed by atoms with Crippen LogP contribution >= 0.6 is 0 Å². The van der Waals surface area contributed by atoms with Gasteiger partial charge in [0.05, 0.1) is 0 Å². The Morgan fingerprint density at radius 1 is 1.05 bits per heavy atom. The summed E-state index contributed by atoms with van der Waals surface area (Å²) >= 11 is 0. The first kappa shape index (κ1) is 18.0. The molecule has 5 heteroatoms. The number of amides is 2.